The minimum atomic E-state index is 0.418. The Hall–Kier alpha value is -0.590. The molecule has 0 fully saturated rings. The molecule has 70 valence electrons. The van der Waals surface area contributed by atoms with Crippen LogP contribution in [0.3, 0.4) is 0 Å². The van der Waals surface area contributed by atoms with Crippen molar-refractivity contribution in [1.82, 2.24) is 0 Å². The summed E-state index contributed by atoms with van der Waals surface area (Å²) in [6.45, 7) is 12.3. The summed E-state index contributed by atoms with van der Waals surface area (Å²) >= 11 is 0. The zero-order chi connectivity index (χ0) is 9.72. The van der Waals surface area contributed by atoms with E-state index in [1.807, 2.05) is 6.92 Å². The Balaban J connectivity index is 3.91. The van der Waals surface area contributed by atoms with Crippen molar-refractivity contribution in [3.63, 3.8) is 0 Å². The predicted octanol–water partition coefficient (Wildman–Crippen LogP) is 3.65. The van der Waals surface area contributed by atoms with Crippen LogP contribution < -0.4 is 0 Å². The molecule has 0 saturated carbocycles. The summed E-state index contributed by atoms with van der Waals surface area (Å²) in [5, 5.41) is 7.65. The van der Waals surface area contributed by atoms with Crippen LogP contribution >= 0.6 is 0 Å². The first-order valence-electron chi connectivity index (χ1n) is 4.71. The van der Waals surface area contributed by atoms with Crippen molar-refractivity contribution < 1.29 is 0 Å². The van der Waals surface area contributed by atoms with E-state index in [0.29, 0.717) is 11.8 Å². The molecule has 0 aromatic heterocycles. The Morgan fingerprint density at radius 1 is 1.33 bits per heavy atom. The first-order valence-corrected chi connectivity index (χ1v) is 4.71. The monoisotopic (exact) mass is 167 g/mol. The van der Waals surface area contributed by atoms with Crippen LogP contribution in [0.15, 0.2) is 12.2 Å². The van der Waals surface area contributed by atoms with E-state index in [0.717, 1.165) is 18.6 Å². The number of allylic oxidation sites excluding steroid dienone is 1. The van der Waals surface area contributed by atoms with Crippen molar-refractivity contribution in [1.29, 1.82) is 5.41 Å². The van der Waals surface area contributed by atoms with Crippen molar-refractivity contribution in [3.8, 4) is 0 Å². The molecule has 0 radical (unpaired) electrons. The lowest BCUT2D eigenvalue weighted by Crippen LogP contribution is -2.12. The molecule has 0 heterocycles. The van der Waals surface area contributed by atoms with Gasteiger partial charge in [-0.05, 0) is 31.6 Å². The summed E-state index contributed by atoms with van der Waals surface area (Å²) in [5.74, 6) is 0.966. The smallest absolute Gasteiger partial charge is 0.0115 e. The van der Waals surface area contributed by atoms with Crippen LogP contribution in [0.1, 0.15) is 40.5 Å². The molecule has 12 heavy (non-hydrogen) atoms. The molecule has 0 aromatic carbocycles. The van der Waals surface area contributed by atoms with Crippen LogP contribution in [0, 0.1) is 17.2 Å². The van der Waals surface area contributed by atoms with Crippen LogP contribution in [0.4, 0.5) is 0 Å². The van der Waals surface area contributed by atoms with Gasteiger partial charge in [0.1, 0.15) is 0 Å². The summed E-state index contributed by atoms with van der Waals surface area (Å²) in [4.78, 5) is 0. The van der Waals surface area contributed by atoms with Crippen molar-refractivity contribution in [2.75, 3.05) is 0 Å². The molecule has 0 aliphatic heterocycles. The molecule has 0 bridgehead atoms. The van der Waals surface area contributed by atoms with E-state index in [4.69, 9.17) is 5.41 Å². The predicted molar refractivity (Wildman–Crippen MR) is 55.8 cm³/mol. The maximum absolute atomic E-state index is 7.65. The molecule has 2 atom stereocenters. The maximum Gasteiger partial charge on any atom is 0.0115 e. The summed E-state index contributed by atoms with van der Waals surface area (Å²) in [6.07, 6.45) is 1.95. The Bertz CT molecular complexity index is 170. The third-order valence-corrected chi connectivity index (χ3v) is 2.52. The average molecular weight is 167 g/mol. The number of rotatable bonds is 5. The molecule has 1 nitrogen and oxygen atoms in total. The van der Waals surface area contributed by atoms with E-state index in [2.05, 4.69) is 27.4 Å². The Kier molecular flexibility index (Phi) is 4.87. The number of hydrogen-bond acceptors (Lipinski definition) is 1. The number of hydrogen-bond donors (Lipinski definition) is 1. The molecular formula is C11H21N. The van der Waals surface area contributed by atoms with Gasteiger partial charge in [-0.25, -0.2) is 0 Å². The topological polar surface area (TPSA) is 23.9 Å². The standard InChI is InChI=1S/C11H21N/c1-6-11(12)10(5)7-9(4)8(2)3/h9-10,12H,2,6-7H2,1,3-5H3. The second kappa shape index (κ2) is 5.13. The fraction of sp³-hybridized carbons (Fsp3) is 0.727. The normalized spacial score (nSPS) is 15.3. The van der Waals surface area contributed by atoms with Crippen molar-refractivity contribution in [2.45, 2.75) is 40.5 Å². The van der Waals surface area contributed by atoms with Gasteiger partial charge in [-0.2, -0.15) is 0 Å². The molecule has 1 heteroatoms. The van der Waals surface area contributed by atoms with Crippen LogP contribution in [-0.4, -0.2) is 5.71 Å². The van der Waals surface area contributed by atoms with E-state index < -0.39 is 0 Å². The van der Waals surface area contributed by atoms with Gasteiger partial charge >= 0.3 is 0 Å². The lowest BCUT2D eigenvalue weighted by molar-refractivity contribution is 0.538. The zero-order valence-corrected chi connectivity index (χ0v) is 8.78. The minimum Gasteiger partial charge on any atom is -0.309 e. The van der Waals surface area contributed by atoms with E-state index in [-0.39, 0.29) is 0 Å². The van der Waals surface area contributed by atoms with Crippen LogP contribution in [-0.2, 0) is 0 Å². The third-order valence-electron chi connectivity index (χ3n) is 2.52. The van der Waals surface area contributed by atoms with Gasteiger partial charge < -0.3 is 5.41 Å². The molecule has 0 aliphatic carbocycles. The van der Waals surface area contributed by atoms with Gasteiger partial charge in [-0.1, -0.05) is 32.9 Å². The summed E-state index contributed by atoms with van der Waals surface area (Å²) < 4.78 is 0. The van der Waals surface area contributed by atoms with Crippen LogP contribution in [0.5, 0.6) is 0 Å². The maximum atomic E-state index is 7.65. The van der Waals surface area contributed by atoms with Gasteiger partial charge in [-0.3, -0.25) is 0 Å². The van der Waals surface area contributed by atoms with Crippen molar-refractivity contribution in [2.24, 2.45) is 11.8 Å². The Labute approximate surface area is 76.4 Å². The molecule has 0 rings (SSSR count). The highest BCUT2D eigenvalue weighted by atomic mass is 14.4. The SMILES string of the molecule is C=C(C)C(C)CC(C)C(=N)CC. The van der Waals surface area contributed by atoms with Crippen molar-refractivity contribution in [3.05, 3.63) is 12.2 Å². The lowest BCUT2D eigenvalue weighted by atomic mass is 9.89. The van der Waals surface area contributed by atoms with E-state index in [1.54, 1.807) is 0 Å². The first kappa shape index (κ1) is 11.4. The van der Waals surface area contributed by atoms with E-state index in [9.17, 15) is 0 Å². The van der Waals surface area contributed by atoms with Gasteiger partial charge in [0.15, 0.2) is 0 Å². The van der Waals surface area contributed by atoms with Gasteiger partial charge in [0.25, 0.3) is 0 Å². The van der Waals surface area contributed by atoms with Gasteiger partial charge in [0.2, 0.25) is 0 Å². The molecular weight excluding hydrogens is 146 g/mol. The highest BCUT2D eigenvalue weighted by Gasteiger charge is 2.11. The fourth-order valence-electron chi connectivity index (χ4n) is 1.22. The summed E-state index contributed by atoms with van der Waals surface area (Å²) in [7, 11) is 0. The van der Waals surface area contributed by atoms with Crippen LogP contribution in [0.2, 0.25) is 0 Å². The third kappa shape index (κ3) is 3.70. The molecule has 2 unspecified atom stereocenters. The molecule has 0 amide bonds. The quantitative estimate of drug-likeness (QED) is 0.477. The largest absolute Gasteiger partial charge is 0.309 e. The molecule has 1 N–H and O–H groups in total. The number of nitrogens with one attached hydrogen (secondary N) is 1. The van der Waals surface area contributed by atoms with Gasteiger partial charge in [0.05, 0.1) is 0 Å². The second-order valence-corrected chi connectivity index (χ2v) is 3.76. The molecule has 0 saturated heterocycles. The zero-order valence-electron chi connectivity index (χ0n) is 8.78. The summed E-state index contributed by atoms with van der Waals surface area (Å²) in [5.41, 5.74) is 2.09. The molecule has 0 spiro atoms. The van der Waals surface area contributed by atoms with Crippen molar-refractivity contribution >= 4 is 5.71 Å². The highest BCUT2D eigenvalue weighted by Crippen LogP contribution is 2.19. The minimum absolute atomic E-state index is 0.418. The van der Waals surface area contributed by atoms with Gasteiger partial charge in [0, 0.05) is 5.71 Å². The lowest BCUT2D eigenvalue weighted by Gasteiger charge is -2.17. The van der Waals surface area contributed by atoms with Gasteiger partial charge in [-0.15, -0.1) is 0 Å². The molecule has 0 aromatic rings. The summed E-state index contributed by atoms with van der Waals surface area (Å²) in [6, 6.07) is 0. The molecule has 0 aliphatic rings. The highest BCUT2D eigenvalue weighted by molar-refractivity contribution is 5.83. The van der Waals surface area contributed by atoms with E-state index in [1.165, 1.54) is 5.57 Å². The Morgan fingerprint density at radius 2 is 1.83 bits per heavy atom. The fourth-order valence-corrected chi connectivity index (χ4v) is 1.22. The van der Waals surface area contributed by atoms with Crippen LogP contribution in [0.25, 0.3) is 0 Å². The Morgan fingerprint density at radius 3 is 2.17 bits per heavy atom. The second-order valence-electron chi connectivity index (χ2n) is 3.76. The first-order chi connectivity index (χ1) is 5.49. The average Bonchev–Trinajstić information content (AvgIpc) is 2.02. The van der Waals surface area contributed by atoms with E-state index >= 15 is 0 Å².